The Kier molecular flexibility index (Phi) is 5.82. The van der Waals surface area contributed by atoms with E-state index < -0.39 is 5.97 Å². The van der Waals surface area contributed by atoms with Crippen LogP contribution in [0, 0.1) is 17.3 Å². The van der Waals surface area contributed by atoms with Gasteiger partial charge in [0.05, 0.1) is 11.1 Å². The van der Waals surface area contributed by atoms with Crippen LogP contribution in [-0.2, 0) is 20.7 Å². The van der Waals surface area contributed by atoms with E-state index in [2.05, 4.69) is 13.0 Å². The summed E-state index contributed by atoms with van der Waals surface area (Å²) < 4.78 is 11.7. The molecular weight excluding hydrogens is 452 g/mol. The van der Waals surface area contributed by atoms with Gasteiger partial charge in [-0.2, -0.15) is 0 Å². The Morgan fingerprint density at radius 1 is 0.944 bits per heavy atom. The van der Waals surface area contributed by atoms with Crippen LogP contribution < -0.4 is 4.74 Å². The number of aryl methyl sites for hydroxylation is 1. The summed E-state index contributed by atoms with van der Waals surface area (Å²) in [4.78, 5) is 37.2. The lowest BCUT2D eigenvalue weighted by atomic mass is 9.55. The zero-order valence-electron chi connectivity index (χ0n) is 20.7. The van der Waals surface area contributed by atoms with Crippen LogP contribution in [0.25, 0.3) is 0 Å². The molecule has 0 bridgehead atoms. The Hall–Kier alpha value is -3.21. The number of rotatable bonds is 4. The van der Waals surface area contributed by atoms with Crippen LogP contribution in [0.5, 0.6) is 5.75 Å². The minimum Gasteiger partial charge on any atom is -0.458 e. The van der Waals surface area contributed by atoms with E-state index >= 15 is 0 Å². The molecule has 36 heavy (non-hydrogen) atoms. The van der Waals surface area contributed by atoms with E-state index in [-0.39, 0.29) is 28.8 Å². The highest BCUT2D eigenvalue weighted by Gasteiger charge is 2.56. The molecule has 5 atom stereocenters. The molecule has 2 saturated carbocycles. The molecule has 0 unspecified atom stereocenters. The van der Waals surface area contributed by atoms with Crippen molar-refractivity contribution in [3.8, 4) is 5.75 Å². The maximum absolute atomic E-state index is 12.7. The summed E-state index contributed by atoms with van der Waals surface area (Å²) in [5.41, 5.74) is 3.43. The van der Waals surface area contributed by atoms with Crippen molar-refractivity contribution in [3.05, 3.63) is 76.9 Å². The Morgan fingerprint density at radius 2 is 1.78 bits per heavy atom. The molecule has 0 saturated heterocycles. The third-order valence-corrected chi connectivity index (χ3v) is 9.32. The molecule has 0 N–H and O–H groups in total. The normalized spacial score (nSPS) is 30.6. The SMILES string of the molecule is C[C@]12CC[C@@H]3c4ccc(OC(=O)c5ccccc5)cc4CC[C@H]3[C@@H]1CC[C@@H]2OC(=O)C1=CCCC1=O. The summed E-state index contributed by atoms with van der Waals surface area (Å²) in [6, 6.07) is 15.2. The van der Waals surface area contributed by atoms with Crippen molar-refractivity contribution in [3.63, 3.8) is 0 Å². The number of fused-ring (bicyclic) bond motifs is 5. The van der Waals surface area contributed by atoms with Gasteiger partial charge in [-0.3, -0.25) is 4.79 Å². The molecular formula is C31H32O5. The van der Waals surface area contributed by atoms with Gasteiger partial charge in [0.2, 0.25) is 0 Å². The van der Waals surface area contributed by atoms with E-state index in [4.69, 9.17) is 9.47 Å². The lowest BCUT2D eigenvalue weighted by Gasteiger charge is -2.50. The molecule has 0 amide bonds. The first-order valence-corrected chi connectivity index (χ1v) is 13.3. The van der Waals surface area contributed by atoms with Crippen LogP contribution in [0.15, 0.2) is 60.2 Å². The van der Waals surface area contributed by atoms with E-state index in [0.717, 1.165) is 38.5 Å². The predicted octanol–water partition coefficient (Wildman–Crippen LogP) is 5.96. The molecule has 0 heterocycles. The second kappa shape index (κ2) is 9.02. The third kappa shape index (κ3) is 3.89. The Labute approximate surface area is 211 Å². The first kappa shape index (κ1) is 23.2. The van der Waals surface area contributed by atoms with Crippen molar-refractivity contribution in [2.24, 2.45) is 17.3 Å². The fourth-order valence-electron chi connectivity index (χ4n) is 7.49. The number of allylic oxidation sites excluding steroid dienone is 1. The number of Topliss-reactive ketones (excluding diaryl/α,β-unsaturated/α-hetero) is 1. The van der Waals surface area contributed by atoms with Gasteiger partial charge in [-0.1, -0.05) is 37.3 Å². The smallest absolute Gasteiger partial charge is 0.343 e. The van der Waals surface area contributed by atoms with Gasteiger partial charge >= 0.3 is 11.9 Å². The lowest BCUT2D eigenvalue weighted by Crippen LogP contribution is -2.45. The summed E-state index contributed by atoms with van der Waals surface area (Å²) in [5, 5.41) is 0. The molecule has 2 aromatic carbocycles. The zero-order valence-corrected chi connectivity index (χ0v) is 20.7. The van der Waals surface area contributed by atoms with E-state index in [1.54, 1.807) is 18.2 Å². The van der Waals surface area contributed by atoms with Crippen LogP contribution in [0.2, 0.25) is 0 Å². The first-order valence-electron chi connectivity index (χ1n) is 13.3. The van der Waals surface area contributed by atoms with Crippen LogP contribution >= 0.6 is 0 Å². The zero-order chi connectivity index (χ0) is 24.9. The maximum Gasteiger partial charge on any atom is 0.343 e. The topological polar surface area (TPSA) is 69.7 Å². The predicted molar refractivity (Wildman–Crippen MR) is 135 cm³/mol. The summed E-state index contributed by atoms with van der Waals surface area (Å²) in [5.74, 6) is 1.32. The van der Waals surface area contributed by atoms with Gasteiger partial charge in [-0.15, -0.1) is 0 Å². The molecule has 5 heteroatoms. The van der Waals surface area contributed by atoms with Crippen LogP contribution in [0.4, 0.5) is 0 Å². The highest BCUT2D eigenvalue weighted by Crippen LogP contribution is 2.61. The number of hydrogen-bond donors (Lipinski definition) is 0. The van der Waals surface area contributed by atoms with Crippen LogP contribution in [0.3, 0.4) is 0 Å². The minimum absolute atomic E-state index is 0.0400. The van der Waals surface area contributed by atoms with Crippen molar-refractivity contribution in [2.75, 3.05) is 0 Å². The van der Waals surface area contributed by atoms with E-state index in [9.17, 15) is 14.4 Å². The van der Waals surface area contributed by atoms with Crippen molar-refractivity contribution in [1.82, 2.24) is 0 Å². The second-order valence-electron chi connectivity index (χ2n) is 11.1. The minimum atomic E-state index is -0.418. The quantitative estimate of drug-likeness (QED) is 0.304. The maximum atomic E-state index is 12.7. The highest BCUT2D eigenvalue weighted by molar-refractivity contribution is 6.18. The van der Waals surface area contributed by atoms with Crippen molar-refractivity contribution >= 4 is 17.7 Å². The fourth-order valence-corrected chi connectivity index (χ4v) is 7.49. The van der Waals surface area contributed by atoms with Crippen molar-refractivity contribution in [1.29, 1.82) is 0 Å². The third-order valence-electron chi connectivity index (χ3n) is 9.32. The van der Waals surface area contributed by atoms with Crippen LogP contribution in [-0.4, -0.2) is 23.8 Å². The van der Waals surface area contributed by atoms with Gasteiger partial charge in [0.1, 0.15) is 11.9 Å². The van der Waals surface area contributed by atoms with Crippen molar-refractivity contribution in [2.45, 2.75) is 70.3 Å². The number of hydrogen-bond acceptors (Lipinski definition) is 5. The number of benzene rings is 2. The van der Waals surface area contributed by atoms with Gasteiger partial charge in [0, 0.05) is 11.8 Å². The molecule has 0 aliphatic heterocycles. The summed E-state index contributed by atoms with van der Waals surface area (Å²) in [7, 11) is 0. The van der Waals surface area contributed by atoms with Gasteiger partial charge in [-0.05, 0) is 98.1 Å². The monoisotopic (exact) mass is 484 g/mol. The van der Waals surface area contributed by atoms with Gasteiger partial charge in [0.25, 0.3) is 0 Å². The second-order valence-corrected chi connectivity index (χ2v) is 11.1. The molecule has 6 rings (SSSR count). The highest BCUT2D eigenvalue weighted by atomic mass is 16.5. The number of esters is 2. The molecule has 0 aromatic heterocycles. The van der Waals surface area contributed by atoms with Gasteiger partial charge < -0.3 is 9.47 Å². The van der Waals surface area contributed by atoms with Crippen molar-refractivity contribution < 1.29 is 23.9 Å². The number of carbonyl (C=O) groups excluding carboxylic acids is 3. The lowest BCUT2D eigenvalue weighted by molar-refractivity contribution is -0.153. The first-order chi connectivity index (χ1) is 17.4. The summed E-state index contributed by atoms with van der Waals surface area (Å²) in [6.07, 6.45) is 8.74. The molecule has 0 radical (unpaired) electrons. The van der Waals surface area contributed by atoms with Crippen LogP contribution in [0.1, 0.15) is 79.3 Å². The Bertz CT molecular complexity index is 1240. The summed E-state index contributed by atoms with van der Waals surface area (Å²) in [6.45, 7) is 2.30. The Morgan fingerprint density at radius 3 is 2.56 bits per heavy atom. The molecule has 2 fully saturated rings. The average Bonchev–Trinajstić information content (AvgIpc) is 3.47. The van der Waals surface area contributed by atoms with E-state index in [1.165, 1.54) is 11.1 Å². The molecule has 0 spiro atoms. The molecule has 4 aliphatic rings. The van der Waals surface area contributed by atoms with E-state index in [1.807, 2.05) is 30.3 Å². The molecule has 4 aliphatic carbocycles. The molecule has 5 nitrogen and oxygen atoms in total. The number of ether oxygens (including phenoxy) is 2. The molecule has 2 aromatic rings. The standard InChI is InChI=1S/C31H32O5/c1-31-17-16-23-22-13-11-21(35-29(33)19-6-3-2-4-7-19)18-20(22)10-12-24(23)26(31)14-15-28(31)36-30(34)25-8-5-9-27(25)32/h2-4,6-8,11,13,18,23-24,26,28H,5,9-10,12,14-17H2,1H3/t23-,24-,26+,28+,31+/m1/s1. The van der Waals surface area contributed by atoms with Gasteiger partial charge in [0.15, 0.2) is 5.78 Å². The summed E-state index contributed by atoms with van der Waals surface area (Å²) >= 11 is 0. The van der Waals surface area contributed by atoms with E-state index in [0.29, 0.717) is 41.9 Å². The molecule has 186 valence electrons. The number of carbonyl (C=O) groups is 3. The van der Waals surface area contributed by atoms with Gasteiger partial charge in [-0.25, -0.2) is 9.59 Å². The fraction of sp³-hybridized carbons (Fsp3) is 0.452. The average molecular weight is 485 g/mol. The number of ketones is 1. The Balaban J connectivity index is 1.16. The largest absolute Gasteiger partial charge is 0.458 e.